The third kappa shape index (κ3) is 3.88. The summed E-state index contributed by atoms with van der Waals surface area (Å²) in [4.78, 5) is 23.1. The van der Waals surface area contributed by atoms with Gasteiger partial charge in [0.2, 0.25) is 0 Å². The highest BCUT2D eigenvalue weighted by Gasteiger charge is 2.27. The molecule has 0 bridgehead atoms. The Morgan fingerprint density at radius 2 is 2.20 bits per heavy atom. The molecule has 1 aliphatic heterocycles. The number of benzene rings is 1. The molecule has 0 aliphatic carbocycles. The number of phenolic OH excluding ortho intramolecular Hbond substituents is 2. The molecule has 0 spiro atoms. The second kappa shape index (κ2) is 7.48. The zero-order valence-electron chi connectivity index (χ0n) is 14.1. The maximum Gasteiger partial charge on any atom is 0.257 e. The van der Waals surface area contributed by atoms with Crippen molar-refractivity contribution in [1.29, 1.82) is 0 Å². The summed E-state index contributed by atoms with van der Waals surface area (Å²) < 4.78 is 5.07. The normalized spacial score (nSPS) is 17.5. The molecule has 1 aromatic heterocycles. The Hall–Kier alpha value is -2.67. The largest absolute Gasteiger partial charge is 0.508 e. The Bertz CT molecular complexity index is 766. The monoisotopic (exact) mass is 343 g/mol. The van der Waals surface area contributed by atoms with Crippen molar-refractivity contribution in [3.63, 3.8) is 0 Å². The molecule has 1 aliphatic rings. The van der Waals surface area contributed by atoms with Gasteiger partial charge in [-0.05, 0) is 31.0 Å². The van der Waals surface area contributed by atoms with Crippen LogP contribution in [0.2, 0.25) is 0 Å². The number of hydrogen-bond donors (Lipinski definition) is 2. The lowest BCUT2D eigenvalue weighted by molar-refractivity contribution is 0.0702. The molecule has 0 saturated carbocycles. The van der Waals surface area contributed by atoms with Crippen LogP contribution in [0.3, 0.4) is 0 Å². The first kappa shape index (κ1) is 17.2. The second-order valence-corrected chi connectivity index (χ2v) is 6.12. The van der Waals surface area contributed by atoms with Crippen molar-refractivity contribution in [2.45, 2.75) is 25.4 Å². The molecule has 1 fully saturated rings. The van der Waals surface area contributed by atoms with Gasteiger partial charge in [0.1, 0.15) is 18.1 Å². The number of rotatable bonds is 4. The van der Waals surface area contributed by atoms with E-state index in [1.165, 1.54) is 18.2 Å². The molecular formula is C18H21N3O4. The van der Waals surface area contributed by atoms with Crippen LogP contribution in [-0.2, 0) is 11.3 Å². The summed E-state index contributed by atoms with van der Waals surface area (Å²) in [5.41, 5.74) is 1.09. The van der Waals surface area contributed by atoms with E-state index in [2.05, 4.69) is 9.97 Å². The fraction of sp³-hybridized carbons (Fsp3) is 0.389. The predicted octanol–water partition coefficient (Wildman–Crippen LogP) is 2.05. The van der Waals surface area contributed by atoms with E-state index < -0.39 is 0 Å². The first-order chi connectivity index (χ1) is 12.1. The van der Waals surface area contributed by atoms with Crippen LogP contribution in [0.1, 0.15) is 40.6 Å². The van der Waals surface area contributed by atoms with Gasteiger partial charge in [-0.15, -0.1) is 0 Å². The molecule has 7 nitrogen and oxygen atoms in total. The van der Waals surface area contributed by atoms with Gasteiger partial charge in [0.05, 0.1) is 5.56 Å². The van der Waals surface area contributed by atoms with Gasteiger partial charge in [-0.2, -0.15) is 0 Å². The fourth-order valence-electron chi connectivity index (χ4n) is 3.12. The number of aromatic hydroxyl groups is 2. The van der Waals surface area contributed by atoms with Crippen LogP contribution in [0.25, 0.3) is 0 Å². The molecule has 1 atom stereocenters. The molecule has 25 heavy (non-hydrogen) atoms. The second-order valence-electron chi connectivity index (χ2n) is 6.12. The van der Waals surface area contributed by atoms with Crippen molar-refractivity contribution in [3.8, 4) is 11.5 Å². The maximum atomic E-state index is 12.7. The Morgan fingerprint density at radius 3 is 2.96 bits per heavy atom. The van der Waals surface area contributed by atoms with Gasteiger partial charge in [-0.25, -0.2) is 9.97 Å². The number of aromatic nitrogens is 2. The average molecular weight is 343 g/mol. The number of phenols is 2. The third-order valence-corrected chi connectivity index (χ3v) is 4.34. The lowest BCUT2D eigenvalue weighted by atomic mass is 9.94. The summed E-state index contributed by atoms with van der Waals surface area (Å²) in [6.45, 7) is 1.51. The van der Waals surface area contributed by atoms with E-state index in [0.29, 0.717) is 25.5 Å². The lowest BCUT2D eigenvalue weighted by Crippen LogP contribution is -2.39. The number of piperidine rings is 1. The van der Waals surface area contributed by atoms with E-state index in [-0.39, 0.29) is 28.9 Å². The lowest BCUT2D eigenvalue weighted by Gasteiger charge is -2.32. The number of likely N-dealkylation sites (tertiary alicyclic amines) is 1. The molecule has 1 amide bonds. The van der Waals surface area contributed by atoms with Crippen molar-refractivity contribution in [3.05, 3.63) is 47.5 Å². The van der Waals surface area contributed by atoms with E-state index in [1.54, 1.807) is 18.2 Å². The quantitative estimate of drug-likeness (QED) is 0.882. The van der Waals surface area contributed by atoms with Crippen LogP contribution >= 0.6 is 0 Å². The Labute approximate surface area is 145 Å². The van der Waals surface area contributed by atoms with E-state index in [9.17, 15) is 15.0 Å². The third-order valence-electron chi connectivity index (χ3n) is 4.34. The Morgan fingerprint density at radius 1 is 1.36 bits per heavy atom. The number of nitrogens with zero attached hydrogens (tertiary/aromatic N) is 3. The summed E-state index contributed by atoms with van der Waals surface area (Å²) in [5.74, 6) is 0.220. The van der Waals surface area contributed by atoms with Crippen LogP contribution in [0.5, 0.6) is 11.5 Å². The molecular weight excluding hydrogens is 322 g/mol. The minimum absolute atomic E-state index is 0.0720. The van der Waals surface area contributed by atoms with Crippen molar-refractivity contribution < 1.29 is 19.7 Å². The molecule has 2 aromatic rings. The molecule has 2 N–H and O–H groups in total. The molecule has 2 heterocycles. The van der Waals surface area contributed by atoms with Gasteiger partial charge < -0.3 is 19.8 Å². The van der Waals surface area contributed by atoms with Gasteiger partial charge in [0, 0.05) is 44.1 Å². The highest BCUT2D eigenvalue weighted by Crippen LogP contribution is 2.29. The molecule has 132 valence electrons. The van der Waals surface area contributed by atoms with Crippen LogP contribution < -0.4 is 0 Å². The van der Waals surface area contributed by atoms with Gasteiger partial charge in [-0.1, -0.05) is 0 Å². The fourth-order valence-corrected chi connectivity index (χ4v) is 3.12. The standard InChI is InChI=1S/C18H21N3O4/c1-25-11-17-19-7-6-15(20-17)12-3-2-8-21(10-12)18(24)14-5-4-13(22)9-16(14)23/h4-7,9,12,22-23H,2-3,8,10-11H2,1H3. The Balaban J connectivity index is 1.76. The summed E-state index contributed by atoms with van der Waals surface area (Å²) in [5, 5.41) is 19.3. The van der Waals surface area contributed by atoms with Crippen molar-refractivity contribution in [2.75, 3.05) is 20.2 Å². The SMILES string of the molecule is COCc1nccc(C2CCCN(C(=O)c3ccc(O)cc3O)C2)n1. The maximum absolute atomic E-state index is 12.7. The van der Waals surface area contributed by atoms with Crippen LogP contribution in [0.15, 0.2) is 30.5 Å². The number of carbonyl (C=O) groups is 1. The number of ether oxygens (including phenoxy) is 1. The summed E-state index contributed by atoms with van der Waals surface area (Å²) in [7, 11) is 1.60. The minimum atomic E-state index is -0.242. The number of amides is 1. The first-order valence-corrected chi connectivity index (χ1v) is 8.20. The first-order valence-electron chi connectivity index (χ1n) is 8.20. The predicted molar refractivity (Wildman–Crippen MR) is 90.4 cm³/mol. The molecule has 1 aromatic carbocycles. The van der Waals surface area contributed by atoms with E-state index >= 15 is 0 Å². The molecule has 1 saturated heterocycles. The van der Waals surface area contributed by atoms with Crippen LogP contribution in [0.4, 0.5) is 0 Å². The smallest absolute Gasteiger partial charge is 0.257 e. The molecule has 1 unspecified atom stereocenters. The summed E-state index contributed by atoms with van der Waals surface area (Å²) >= 11 is 0. The number of carbonyl (C=O) groups excluding carboxylic acids is 1. The average Bonchev–Trinajstić information content (AvgIpc) is 2.62. The highest BCUT2D eigenvalue weighted by molar-refractivity contribution is 5.97. The zero-order valence-corrected chi connectivity index (χ0v) is 14.1. The Kier molecular flexibility index (Phi) is 5.14. The summed E-state index contributed by atoms with van der Waals surface area (Å²) in [6.07, 6.45) is 3.51. The van der Waals surface area contributed by atoms with Crippen molar-refractivity contribution in [1.82, 2.24) is 14.9 Å². The number of methoxy groups -OCH3 is 1. The topological polar surface area (TPSA) is 95.8 Å². The number of hydrogen-bond acceptors (Lipinski definition) is 6. The minimum Gasteiger partial charge on any atom is -0.508 e. The zero-order chi connectivity index (χ0) is 17.8. The van der Waals surface area contributed by atoms with E-state index in [4.69, 9.17) is 4.74 Å². The highest BCUT2D eigenvalue weighted by atomic mass is 16.5. The van der Waals surface area contributed by atoms with Gasteiger partial charge in [0.15, 0.2) is 5.82 Å². The van der Waals surface area contributed by atoms with Crippen molar-refractivity contribution in [2.24, 2.45) is 0 Å². The van der Waals surface area contributed by atoms with Crippen molar-refractivity contribution >= 4 is 5.91 Å². The van der Waals surface area contributed by atoms with E-state index in [1.807, 2.05) is 6.07 Å². The van der Waals surface area contributed by atoms with Crippen LogP contribution in [-0.4, -0.2) is 51.2 Å². The molecule has 3 rings (SSSR count). The van der Waals surface area contributed by atoms with Crippen LogP contribution in [0, 0.1) is 0 Å². The summed E-state index contributed by atoms with van der Waals surface area (Å²) in [6, 6.07) is 5.89. The molecule has 0 radical (unpaired) electrons. The van der Waals surface area contributed by atoms with Gasteiger partial charge >= 0.3 is 0 Å². The van der Waals surface area contributed by atoms with Gasteiger partial charge in [-0.3, -0.25) is 4.79 Å². The molecule has 7 heteroatoms. The van der Waals surface area contributed by atoms with Gasteiger partial charge in [0.25, 0.3) is 5.91 Å². The van der Waals surface area contributed by atoms with E-state index in [0.717, 1.165) is 18.5 Å².